The topological polar surface area (TPSA) is 155 Å². The average Bonchev–Trinajstić information content (AvgIpc) is 3.29. The summed E-state index contributed by atoms with van der Waals surface area (Å²) in [7, 11) is -4.87. The Morgan fingerprint density at radius 1 is 0.571 bits per heavy atom. The molecule has 2 aromatic heterocycles. The number of anilines is 4. The summed E-state index contributed by atoms with van der Waals surface area (Å²) < 4.78 is 52.8. The zero-order valence-electron chi connectivity index (χ0n) is 38.9. The molecule has 0 aliphatic rings. The van der Waals surface area contributed by atoms with Crippen LogP contribution in [0, 0.1) is 20.8 Å². The molecule has 6 rings (SSSR count). The van der Waals surface area contributed by atoms with E-state index in [1.807, 2.05) is 127 Å². The maximum atomic E-state index is 13.1. The second-order valence-electron chi connectivity index (χ2n) is 14.6. The highest BCUT2D eigenvalue weighted by atomic mass is 31.2. The molecule has 12 nitrogen and oxygen atoms in total. The predicted molar refractivity (Wildman–Crippen MR) is 264 cm³/mol. The first-order chi connectivity index (χ1) is 30.1. The van der Waals surface area contributed by atoms with Crippen LogP contribution in [0.3, 0.4) is 0 Å². The fraction of sp³-hybridized carbons (Fsp3) is 0.333. The summed E-state index contributed by atoms with van der Waals surface area (Å²) in [6.07, 6.45) is 4.75. The molecule has 0 amide bonds. The lowest BCUT2D eigenvalue weighted by Gasteiger charge is -2.21. The molecule has 0 radical (unpaired) electrons. The van der Waals surface area contributed by atoms with Gasteiger partial charge in [-0.25, -0.2) is 19.9 Å². The molecule has 0 saturated heterocycles. The third kappa shape index (κ3) is 17.0. The molecule has 15 heteroatoms. The van der Waals surface area contributed by atoms with Gasteiger partial charge in [0.2, 0.25) is 19.3 Å². The molecule has 0 saturated carbocycles. The monoisotopic (exact) mass is 914 g/mol. The highest BCUT2D eigenvalue weighted by molar-refractivity contribution is 7.73. The zero-order chi connectivity index (χ0) is 46.6. The van der Waals surface area contributed by atoms with Crippen molar-refractivity contribution in [3.63, 3.8) is 0 Å². The van der Waals surface area contributed by atoms with Crippen molar-refractivity contribution in [1.82, 2.24) is 19.9 Å². The van der Waals surface area contributed by atoms with E-state index in [0.717, 1.165) is 56.1 Å². The van der Waals surface area contributed by atoms with Gasteiger partial charge in [0.15, 0.2) is 0 Å². The predicted octanol–water partition coefficient (Wildman–Crippen LogP) is 13.8. The Hall–Kier alpha value is -4.79. The summed E-state index contributed by atoms with van der Waals surface area (Å²) in [4.78, 5) is 18.0. The largest absolute Gasteiger partial charge is 0.339 e. The minimum absolute atomic E-state index is 0.211. The first kappa shape index (κ1) is 52.6. The van der Waals surface area contributed by atoms with Crippen LogP contribution in [0.2, 0.25) is 0 Å². The van der Waals surface area contributed by atoms with Gasteiger partial charge in [0.25, 0.3) is 0 Å². The standard InChI is InChI=1S/C23H29N3O5P2.C21H24N3OP.2C2H6/c1-18-10-11-19(13-15-32(27,29-2)17-33(28,30-3)31-4)16-22(18)26-23-24-14-12-21(25-23)20-8-6-5-7-9-20;1-15-8-9-16(2)20(12-15)24-21-22-11-10-19(23-21)18-7-5-6-17(13-18)14-26(3,4)25;2*1-2/h5-12,14,16H,13,15,17H2,1-4H3,(H,24,25,26);5-13H,14H2,1-4H3,(H,22,23,24);2*1-2H3. The van der Waals surface area contributed by atoms with Crippen LogP contribution < -0.4 is 10.6 Å². The van der Waals surface area contributed by atoms with Crippen LogP contribution in [0.15, 0.2) is 116 Å². The summed E-state index contributed by atoms with van der Waals surface area (Å²) in [6.45, 7) is 17.7. The highest BCUT2D eigenvalue weighted by Gasteiger charge is 2.35. The number of nitrogens with zero attached hydrogens (tertiary/aromatic N) is 4. The Bertz CT molecular complexity index is 2490. The molecule has 0 spiro atoms. The molecule has 63 heavy (non-hydrogen) atoms. The molecule has 2 heterocycles. The molecule has 0 bridgehead atoms. The minimum atomic E-state index is -3.45. The maximum absolute atomic E-state index is 13.1. The molecule has 1 unspecified atom stereocenters. The molecule has 0 aliphatic carbocycles. The van der Waals surface area contributed by atoms with E-state index in [2.05, 4.69) is 68.7 Å². The maximum Gasteiger partial charge on any atom is 0.339 e. The van der Waals surface area contributed by atoms with Gasteiger partial charge < -0.3 is 28.8 Å². The molecule has 338 valence electrons. The first-order valence-electron chi connectivity index (χ1n) is 21.0. The lowest BCUT2D eigenvalue weighted by molar-refractivity contribution is 0.278. The molecular formula is C48H65N6O6P3. The van der Waals surface area contributed by atoms with Crippen LogP contribution in [-0.2, 0) is 39.8 Å². The SMILES string of the molecule is CC.CC.COP(=O)(CCc1ccc(C)c(Nc2nccc(-c3ccccc3)n2)c1)CP(=O)(OC)OC.Cc1ccc(C)c(Nc2nccc(-c3cccc(CP(C)(C)=O)c3)n2)c1. The number of hydrogen-bond acceptors (Lipinski definition) is 12. The highest BCUT2D eigenvalue weighted by Crippen LogP contribution is 2.62. The van der Waals surface area contributed by atoms with E-state index in [0.29, 0.717) is 24.5 Å². The van der Waals surface area contributed by atoms with E-state index in [9.17, 15) is 13.7 Å². The second kappa shape index (κ2) is 25.5. The van der Waals surface area contributed by atoms with E-state index < -0.39 is 22.1 Å². The van der Waals surface area contributed by atoms with Gasteiger partial charge in [-0.1, -0.05) is 100 Å². The number of aromatic nitrogens is 4. The van der Waals surface area contributed by atoms with Crippen molar-refractivity contribution in [1.29, 1.82) is 0 Å². The van der Waals surface area contributed by atoms with Crippen molar-refractivity contribution in [3.8, 4) is 22.5 Å². The van der Waals surface area contributed by atoms with Crippen LogP contribution in [0.25, 0.3) is 22.5 Å². The molecule has 0 aliphatic heterocycles. The molecule has 4 aromatic carbocycles. The Labute approximate surface area is 375 Å². The summed E-state index contributed by atoms with van der Waals surface area (Å²) >= 11 is 0. The average molecular weight is 915 g/mol. The van der Waals surface area contributed by atoms with E-state index in [1.165, 1.54) is 26.9 Å². The fourth-order valence-electron chi connectivity index (χ4n) is 6.08. The van der Waals surface area contributed by atoms with Crippen LogP contribution >= 0.6 is 22.1 Å². The van der Waals surface area contributed by atoms with Gasteiger partial charge in [-0.05, 0) is 98.7 Å². The number of hydrogen-bond donors (Lipinski definition) is 2. The number of aryl methyl sites for hydroxylation is 4. The van der Waals surface area contributed by atoms with Gasteiger partial charge in [-0.2, -0.15) is 0 Å². The molecule has 0 fully saturated rings. The van der Waals surface area contributed by atoms with Crippen molar-refractivity contribution < 1.29 is 27.3 Å². The number of nitrogens with one attached hydrogen (secondary N) is 2. The van der Waals surface area contributed by atoms with Crippen molar-refractivity contribution in [2.45, 2.75) is 61.0 Å². The molecule has 6 aromatic rings. The van der Waals surface area contributed by atoms with E-state index >= 15 is 0 Å². The van der Waals surface area contributed by atoms with E-state index in [1.54, 1.807) is 12.4 Å². The zero-order valence-corrected chi connectivity index (χ0v) is 41.6. The quantitative estimate of drug-likeness (QED) is 0.0888. The van der Waals surface area contributed by atoms with Crippen LogP contribution in [0.5, 0.6) is 0 Å². The normalized spacial score (nSPS) is 11.9. The summed E-state index contributed by atoms with van der Waals surface area (Å²) in [5, 5.41) is 6.59. The van der Waals surface area contributed by atoms with Crippen LogP contribution in [0.4, 0.5) is 23.3 Å². The van der Waals surface area contributed by atoms with Crippen LogP contribution in [0.1, 0.15) is 55.5 Å². The number of rotatable bonds is 16. The van der Waals surface area contributed by atoms with Crippen molar-refractivity contribution in [2.24, 2.45) is 0 Å². The molecule has 2 N–H and O–H groups in total. The molecule has 1 atom stereocenters. The van der Waals surface area contributed by atoms with Gasteiger partial charge in [0.1, 0.15) is 5.90 Å². The minimum Gasteiger partial charge on any atom is -0.331 e. The Balaban J connectivity index is 0.000000318. The Morgan fingerprint density at radius 2 is 1.11 bits per heavy atom. The van der Waals surface area contributed by atoms with Gasteiger partial charge in [0, 0.05) is 68.5 Å². The van der Waals surface area contributed by atoms with Crippen molar-refractivity contribution in [3.05, 3.63) is 143 Å². The van der Waals surface area contributed by atoms with E-state index in [4.69, 9.17) is 13.6 Å². The van der Waals surface area contributed by atoms with Crippen LogP contribution in [-0.4, -0.2) is 66.7 Å². The van der Waals surface area contributed by atoms with E-state index in [-0.39, 0.29) is 12.1 Å². The Morgan fingerprint density at radius 3 is 1.67 bits per heavy atom. The summed E-state index contributed by atoms with van der Waals surface area (Å²) in [5.41, 5.74) is 10.9. The third-order valence-electron chi connectivity index (χ3n) is 9.37. The lowest BCUT2D eigenvalue weighted by atomic mass is 10.1. The lowest BCUT2D eigenvalue weighted by Crippen LogP contribution is -2.05. The van der Waals surface area contributed by atoms with Gasteiger partial charge in [-0.15, -0.1) is 0 Å². The van der Waals surface area contributed by atoms with Crippen molar-refractivity contribution in [2.75, 3.05) is 57.4 Å². The summed E-state index contributed by atoms with van der Waals surface area (Å²) in [6, 6.07) is 33.9. The molecular weight excluding hydrogens is 849 g/mol. The number of benzene rings is 4. The van der Waals surface area contributed by atoms with Crippen molar-refractivity contribution >= 4 is 45.4 Å². The Kier molecular flexibility index (Phi) is 21.3. The van der Waals surface area contributed by atoms with Gasteiger partial charge >= 0.3 is 7.60 Å². The van der Waals surface area contributed by atoms with Gasteiger partial charge in [0.05, 0.1) is 18.5 Å². The third-order valence-corrected chi connectivity index (χ3v) is 16.3. The first-order valence-corrected chi connectivity index (χ1v) is 27.5. The summed E-state index contributed by atoms with van der Waals surface area (Å²) in [5.74, 6) is 0.791. The van der Waals surface area contributed by atoms with Gasteiger partial charge in [-0.3, -0.25) is 9.13 Å². The second-order valence-corrected chi connectivity index (χ2v) is 23.6. The fourth-order valence-corrected chi connectivity index (χ4v) is 12.1. The smallest absolute Gasteiger partial charge is 0.331 e.